The zero-order chi connectivity index (χ0) is 14.3. The first-order chi connectivity index (χ1) is 9.01. The second kappa shape index (κ2) is 7.53. The van der Waals surface area contributed by atoms with Crippen LogP contribution in [0.4, 0.5) is 5.69 Å². The van der Waals surface area contributed by atoms with Crippen LogP contribution in [-0.2, 0) is 16.1 Å². The van der Waals surface area contributed by atoms with Crippen LogP contribution < -0.4 is 5.32 Å². The third kappa shape index (κ3) is 6.01. The van der Waals surface area contributed by atoms with Gasteiger partial charge in [-0.25, -0.2) is 0 Å². The van der Waals surface area contributed by atoms with E-state index in [-0.39, 0.29) is 12.5 Å². The summed E-state index contributed by atoms with van der Waals surface area (Å²) in [6, 6.07) is 7.46. The summed E-state index contributed by atoms with van der Waals surface area (Å²) in [6.07, 6.45) is 0.901. The average molecular weight is 264 g/mol. The molecule has 0 saturated heterocycles. The Balaban J connectivity index is 2.72. The summed E-state index contributed by atoms with van der Waals surface area (Å²) in [5, 5.41) is 11.6. The maximum Gasteiger partial charge on any atom is 0.317 e. The molecule has 0 aliphatic heterocycles. The van der Waals surface area contributed by atoms with Crippen LogP contribution in [0.2, 0.25) is 0 Å². The van der Waals surface area contributed by atoms with Crippen molar-refractivity contribution in [1.29, 1.82) is 0 Å². The molecule has 0 fully saturated rings. The van der Waals surface area contributed by atoms with Crippen LogP contribution in [-0.4, -0.2) is 35.0 Å². The lowest BCUT2D eigenvalue weighted by Crippen LogP contribution is -2.30. The number of nitrogens with one attached hydrogen (secondary N) is 1. The van der Waals surface area contributed by atoms with Gasteiger partial charge < -0.3 is 10.4 Å². The molecule has 0 atom stereocenters. The maximum absolute atomic E-state index is 11.0. The molecule has 1 aromatic carbocycles. The summed E-state index contributed by atoms with van der Waals surface area (Å²) < 4.78 is 0. The highest BCUT2D eigenvalue weighted by Crippen LogP contribution is 2.13. The van der Waals surface area contributed by atoms with Crippen LogP contribution in [0.5, 0.6) is 0 Å². The summed E-state index contributed by atoms with van der Waals surface area (Å²) in [5.41, 5.74) is 1.72. The highest BCUT2D eigenvalue weighted by molar-refractivity contribution is 5.88. The quantitative estimate of drug-likeness (QED) is 0.789. The Morgan fingerprint density at radius 2 is 2.11 bits per heavy atom. The second-order valence-corrected chi connectivity index (χ2v) is 4.49. The van der Waals surface area contributed by atoms with E-state index < -0.39 is 5.97 Å². The number of hydrogen-bond acceptors (Lipinski definition) is 3. The van der Waals surface area contributed by atoms with E-state index in [4.69, 9.17) is 5.11 Å². The lowest BCUT2D eigenvalue weighted by Gasteiger charge is -2.19. The van der Waals surface area contributed by atoms with Gasteiger partial charge in [-0.1, -0.05) is 19.1 Å². The first-order valence-electron chi connectivity index (χ1n) is 6.32. The van der Waals surface area contributed by atoms with Crippen LogP contribution in [0.25, 0.3) is 0 Å². The van der Waals surface area contributed by atoms with Crippen molar-refractivity contribution in [2.75, 3.05) is 18.4 Å². The Bertz CT molecular complexity index is 446. The van der Waals surface area contributed by atoms with Gasteiger partial charge >= 0.3 is 5.97 Å². The number of nitrogens with zero attached hydrogens (tertiary/aromatic N) is 1. The van der Waals surface area contributed by atoms with Gasteiger partial charge in [-0.2, -0.15) is 0 Å². The van der Waals surface area contributed by atoms with Crippen LogP contribution >= 0.6 is 0 Å². The monoisotopic (exact) mass is 264 g/mol. The van der Waals surface area contributed by atoms with Crippen LogP contribution in [0, 0.1) is 0 Å². The van der Waals surface area contributed by atoms with Gasteiger partial charge in [-0.15, -0.1) is 0 Å². The first-order valence-corrected chi connectivity index (χ1v) is 6.32. The average Bonchev–Trinajstić information content (AvgIpc) is 2.27. The number of benzene rings is 1. The van der Waals surface area contributed by atoms with Crippen LogP contribution in [0.3, 0.4) is 0 Å². The Kier molecular flexibility index (Phi) is 6.02. The Labute approximate surface area is 113 Å². The zero-order valence-corrected chi connectivity index (χ0v) is 11.3. The van der Waals surface area contributed by atoms with Crippen molar-refractivity contribution >= 4 is 17.6 Å². The number of carbonyl (C=O) groups is 2. The maximum atomic E-state index is 11.0. The summed E-state index contributed by atoms with van der Waals surface area (Å²) >= 11 is 0. The normalized spacial score (nSPS) is 10.5. The fraction of sp³-hybridized carbons (Fsp3) is 0.429. The number of amides is 1. The Hall–Kier alpha value is -1.88. The standard InChI is InChI=1S/C14H20N2O3/c1-3-7-16(10-14(18)19)9-12-5-4-6-13(8-12)15-11(2)17/h4-6,8H,3,7,9-10H2,1-2H3,(H,15,17)(H,18,19). The molecular formula is C14H20N2O3. The molecular weight excluding hydrogens is 244 g/mol. The van der Waals surface area contributed by atoms with Gasteiger partial charge in [0.2, 0.25) is 5.91 Å². The van der Waals surface area contributed by atoms with E-state index in [9.17, 15) is 9.59 Å². The van der Waals surface area contributed by atoms with Gasteiger partial charge in [0.05, 0.1) is 6.54 Å². The van der Waals surface area contributed by atoms with E-state index in [1.165, 1.54) is 6.92 Å². The van der Waals surface area contributed by atoms with E-state index >= 15 is 0 Å². The molecule has 0 unspecified atom stereocenters. The highest BCUT2D eigenvalue weighted by Gasteiger charge is 2.09. The second-order valence-electron chi connectivity index (χ2n) is 4.49. The largest absolute Gasteiger partial charge is 0.480 e. The molecule has 5 heteroatoms. The lowest BCUT2D eigenvalue weighted by atomic mass is 10.2. The smallest absolute Gasteiger partial charge is 0.317 e. The number of anilines is 1. The first kappa shape index (κ1) is 15.2. The molecule has 1 amide bonds. The number of carboxylic acid groups (broad SMARTS) is 1. The number of carbonyl (C=O) groups excluding carboxylic acids is 1. The minimum absolute atomic E-state index is 0.0260. The molecule has 104 valence electrons. The van der Waals surface area contributed by atoms with Crippen LogP contribution in [0.15, 0.2) is 24.3 Å². The molecule has 0 aromatic heterocycles. The highest BCUT2D eigenvalue weighted by atomic mass is 16.4. The predicted octanol–water partition coefficient (Wildman–Crippen LogP) is 1.94. The molecule has 1 aromatic rings. The van der Waals surface area contributed by atoms with Crippen molar-refractivity contribution in [2.45, 2.75) is 26.8 Å². The van der Waals surface area contributed by atoms with Crippen molar-refractivity contribution in [1.82, 2.24) is 4.90 Å². The van der Waals surface area contributed by atoms with E-state index in [0.717, 1.165) is 24.2 Å². The summed E-state index contributed by atoms with van der Waals surface area (Å²) in [5.74, 6) is -0.945. The molecule has 0 saturated carbocycles. The van der Waals surface area contributed by atoms with Gasteiger partial charge in [0.15, 0.2) is 0 Å². The number of hydrogen-bond donors (Lipinski definition) is 2. The topological polar surface area (TPSA) is 69.6 Å². The van der Waals surface area contributed by atoms with Gasteiger partial charge in [-0.05, 0) is 30.7 Å². The Morgan fingerprint density at radius 3 is 2.68 bits per heavy atom. The summed E-state index contributed by atoms with van der Waals surface area (Å²) in [7, 11) is 0. The summed E-state index contributed by atoms with van der Waals surface area (Å²) in [6.45, 7) is 4.80. The van der Waals surface area contributed by atoms with Gasteiger partial charge in [0.25, 0.3) is 0 Å². The molecule has 0 heterocycles. The van der Waals surface area contributed by atoms with Crippen molar-refractivity contribution < 1.29 is 14.7 Å². The fourth-order valence-electron chi connectivity index (χ4n) is 1.93. The van der Waals surface area contributed by atoms with Gasteiger partial charge in [0, 0.05) is 19.2 Å². The van der Waals surface area contributed by atoms with E-state index in [1.807, 2.05) is 36.1 Å². The minimum Gasteiger partial charge on any atom is -0.480 e. The predicted molar refractivity (Wildman–Crippen MR) is 73.9 cm³/mol. The number of aliphatic carboxylic acids is 1. The molecule has 5 nitrogen and oxygen atoms in total. The molecule has 1 rings (SSSR count). The molecule has 2 N–H and O–H groups in total. The van der Waals surface area contributed by atoms with Gasteiger partial charge in [0.1, 0.15) is 0 Å². The lowest BCUT2D eigenvalue weighted by molar-refractivity contribution is -0.138. The molecule has 19 heavy (non-hydrogen) atoms. The van der Waals surface area contributed by atoms with Crippen molar-refractivity contribution in [3.63, 3.8) is 0 Å². The SMILES string of the molecule is CCCN(CC(=O)O)Cc1cccc(NC(C)=O)c1. The number of carboxylic acids is 1. The molecule has 0 aliphatic carbocycles. The van der Waals surface area contributed by atoms with E-state index in [1.54, 1.807) is 0 Å². The Morgan fingerprint density at radius 1 is 1.37 bits per heavy atom. The molecule has 0 spiro atoms. The molecule has 0 aliphatic rings. The van der Waals surface area contributed by atoms with E-state index in [0.29, 0.717) is 6.54 Å². The van der Waals surface area contributed by atoms with Gasteiger partial charge in [-0.3, -0.25) is 14.5 Å². The van der Waals surface area contributed by atoms with Crippen LogP contribution in [0.1, 0.15) is 25.8 Å². The van der Waals surface area contributed by atoms with E-state index in [2.05, 4.69) is 5.32 Å². The fourth-order valence-corrected chi connectivity index (χ4v) is 1.93. The molecule has 0 bridgehead atoms. The minimum atomic E-state index is -0.827. The zero-order valence-electron chi connectivity index (χ0n) is 11.3. The third-order valence-corrected chi connectivity index (χ3v) is 2.55. The van der Waals surface area contributed by atoms with Crippen molar-refractivity contribution in [2.24, 2.45) is 0 Å². The number of rotatable bonds is 7. The van der Waals surface area contributed by atoms with Crippen molar-refractivity contribution in [3.8, 4) is 0 Å². The molecule has 0 radical (unpaired) electrons. The van der Waals surface area contributed by atoms with Crippen molar-refractivity contribution in [3.05, 3.63) is 29.8 Å². The summed E-state index contributed by atoms with van der Waals surface area (Å²) in [4.78, 5) is 23.7. The third-order valence-electron chi connectivity index (χ3n) is 2.55.